The Balaban J connectivity index is 1.82. The lowest BCUT2D eigenvalue weighted by molar-refractivity contribution is 0.128. The van der Waals surface area contributed by atoms with E-state index < -0.39 is 0 Å². The first-order valence-corrected chi connectivity index (χ1v) is 10.4. The fourth-order valence-electron chi connectivity index (χ4n) is 3.12. The zero-order valence-corrected chi connectivity index (χ0v) is 18.0. The van der Waals surface area contributed by atoms with Gasteiger partial charge in [-0.15, -0.1) is 0 Å². The summed E-state index contributed by atoms with van der Waals surface area (Å²) in [6, 6.07) is 6.32. The molecule has 2 rings (SSSR count). The summed E-state index contributed by atoms with van der Waals surface area (Å²) >= 11 is 0. The van der Waals surface area contributed by atoms with Crippen LogP contribution >= 0.6 is 0 Å². The summed E-state index contributed by atoms with van der Waals surface area (Å²) in [5.74, 6) is 1.75. The van der Waals surface area contributed by atoms with E-state index in [0.717, 1.165) is 49.9 Å². The summed E-state index contributed by atoms with van der Waals surface area (Å²) in [7, 11) is 3.52. The van der Waals surface area contributed by atoms with E-state index in [9.17, 15) is 0 Å². The predicted molar refractivity (Wildman–Crippen MR) is 114 cm³/mol. The highest BCUT2D eigenvalue weighted by Gasteiger charge is 2.41. The van der Waals surface area contributed by atoms with Crippen LogP contribution in [-0.2, 0) is 16.0 Å². The lowest BCUT2D eigenvalue weighted by Crippen LogP contribution is -2.40. The molecule has 0 aliphatic heterocycles. The number of ether oxygens (including phenoxy) is 3. The molecule has 28 heavy (non-hydrogen) atoms. The first kappa shape index (κ1) is 22.5. The second kappa shape index (κ2) is 11.9. The Hall–Kier alpha value is -1.79. The molecule has 0 aromatic heterocycles. The minimum Gasteiger partial charge on any atom is -0.493 e. The van der Waals surface area contributed by atoms with Crippen molar-refractivity contribution in [2.45, 2.75) is 46.1 Å². The first-order chi connectivity index (χ1) is 13.6. The van der Waals surface area contributed by atoms with Gasteiger partial charge in [-0.3, -0.25) is 4.99 Å². The van der Waals surface area contributed by atoms with Crippen LogP contribution in [0.2, 0.25) is 0 Å². The van der Waals surface area contributed by atoms with E-state index in [1.807, 2.05) is 14.0 Å². The smallest absolute Gasteiger partial charge is 0.191 e. The molecule has 1 aliphatic carbocycles. The predicted octanol–water partition coefficient (Wildman–Crippen LogP) is 3.28. The van der Waals surface area contributed by atoms with Gasteiger partial charge in [-0.2, -0.15) is 0 Å². The average molecular weight is 392 g/mol. The van der Waals surface area contributed by atoms with Crippen LogP contribution in [-0.4, -0.2) is 53.1 Å². The molecule has 0 saturated heterocycles. The second-order valence-corrected chi connectivity index (χ2v) is 7.53. The van der Waals surface area contributed by atoms with Crippen LogP contribution in [0.25, 0.3) is 0 Å². The lowest BCUT2D eigenvalue weighted by atomic mass is 10.0. The summed E-state index contributed by atoms with van der Waals surface area (Å²) in [6.07, 6.45) is 4.52. The maximum Gasteiger partial charge on any atom is 0.191 e. The molecule has 1 saturated carbocycles. The molecule has 0 amide bonds. The SMILES string of the molecule is CCOCCC1(CNC(=NC)NCc2ccc(C)cc2OCCCOC)CC1. The molecule has 6 heteroatoms. The topological polar surface area (TPSA) is 64.1 Å². The van der Waals surface area contributed by atoms with E-state index in [4.69, 9.17) is 14.2 Å². The largest absolute Gasteiger partial charge is 0.493 e. The van der Waals surface area contributed by atoms with Crippen molar-refractivity contribution in [1.29, 1.82) is 0 Å². The van der Waals surface area contributed by atoms with Gasteiger partial charge in [0.1, 0.15) is 5.75 Å². The summed E-state index contributed by atoms with van der Waals surface area (Å²) in [4.78, 5) is 4.37. The minimum atomic E-state index is 0.381. The number of nitrogens with one attached hydrogen (secondary N) is 2. The van der Waals surface area contributed by atoms with Crippen molar-refractivity contribution >= 4 is 5.96 Å². The van der Waals surface area contributed by atoms with Gasteiger partial charge in [0, 0.05) is 59.1 Å². The van der Waals surface area contributed by atoms with Gasteiger partial charge in [-0.25, -0.2) is 0 Å². The molecule has 1 aliphatic rings. The number of guanidine groups is 1. The van der Waals surface area contributed by atoms with Crippen molar-refractivity contribution in [1.82, 2.24) is 10.6 Å². The van der Waals surface area contributed by atoms with Gasteiger partial charge in [-0.1, -0.05) is 12.1 Å². The van der Waals surface area contributed by atoms with Crippen molar-refractivity contribution in [3.05, 3.63) is 29.3 Å². The normalized spacial score (nSPS) is 15.4. The molecule has 0 spiro atoms. The third kappa shape index (κ3) is 7.68. The van der Waals surface area contributed by atoms with E-state index in [2.05, 4.69) is 40.7 Å². The number of aryl methyl sites for hydroxylation is 1. The van der Waals surface area contributed by atoms with E-state index in [0.29, 0.717) is 25.2 Å². The van der Waals surface area contributed by atoms with Crippen LogP contribution in [0.3, 0.4) is 0 Å². The molecule has 0 heterocycles. The molecule has 0 bridgehead atoms. The van der Waals surface area contributed by atoms with Crippen LogP contribution in [0.4, 0.5) is 0 Å². The molecular formula is C22H37N3O3. The lowest BCUT2D eigenvalue weighted by Gasteiger charge is -2.19. The highest BCUT2D eigenvalue weighted by atomic mass is 16.5. The molecular weight excluding hydrogens is 354 g/mol. The van der Waals surface area contributed by atoms with Crippen molar-refractivity contribution in [3.8, 4) is 5.75 Å². The highest BCUT2D eigenvalue weighted by Crippen LogP contribution is 2.48. The molecule has 6 nitrogen and oxygen atoms in total. The van der Waals surface area contributed by atoms with Crippen molar-refractivity contribution in [3.63, 3.8) is 0 Å². The fraction of sp³-hybridized carbons (Fsp3) is 0.682. The number of rotatable bonds is 13. The number of hydrogen-bond donors (Lipinski definition) is 2. The fourth-order valence-corrected chi connectivity index (χ4v) is 3.12. The Morgan fingerprint density at radius 1 is 1.18 bits per heavy atom. The molecule has 0 unspecified atom stereocenters. The zero-order valence-electron chi connectivity index (χ0n) is 18.0. The van der Waals surface area contributed by atoms with Crippen LogP contribution in [0.1, 0.15) is 43.7 Å². The van der Waals surface area contributed by atoms with E-state index in [-0.39, 0.29) is 0 Å². The van der Waals surface area contributed by atoms with E-state index >= 15 is 0 Å². The van der Waals surface area contributed by atoms with Crippen molar-refractivity contribution in [2.24, 2.45) is 10.4 Å². The summed E-state index contributed by atoms with van der Waals surface area (Å²) < 4.78 is 16.6. The molecule has 1 aromatic rings. The van der Waals surface area contributed by atoms with Gasteiger partial charge in [-0.05, 0) is 50.2 Å². The van der Waals surface area contributed by atoms with Crippen molar-refractivity contribution in [2.75, 3.05) is 47.1 Å². The maximum absolute atomic E-state index is 5.97. The molecule has 1 aromatic carbocycles. The summed E-state index contributed by atoms with van der Waals surface area (Å²) in [5.41, 5.74) is 2.70. The molecule has 158 valence electrons. The Kier molecular flexibility index (Phi) is 9.58. The second-order valence-electron chi connectivity index (χ2n) is 7.53. The van der Waals surface area contributed by atoms with Crippen LogP contribution in [0.15, 0.2) is 23.2 Å². The molecule has 1 fully saturated rings. The van der Waals surface area contributed by atoms with Gasteiger partial charge in [0.15, 0.2) is 5.96 Å². The third-order valence-electron chi connectivity index (χ3n) is 5.21. The van der Waals surface area contributed by atoms with Gasteiger partial charge >= 0.3 is 0 Å². The van der Waals surface area contributed by atoms with Gasteiger partial charge in [0.25, 0.3) is 0 Å². The van der Waals surface area contributed by atoms with Crippen LogP contribution in [0.5, 0.6) is 5.75 Å². The molecule has 2 N–H and O–H groups in total. The Morgan fingerprint density at radius 2 is 2.00 bits per heavy atom. The number of nitrogens with zero attached hydrogens (tertiary/aromatic N) is 1. The van der Waals surface area contributed by atoms with E-state index in [1.165, 1.54) is 18.4 Å². The quantitative estimate of drug-likeness (QED) is 0.307. The monoisotopic (exact) mass is 391 g/mol. The number of methoxy groups -OCH3 is 1. The van der Waals surface area contributed by atoms with Crippen LogP contribution < -0.4 is 15.4 Å². The number of aliphatic imine (C=N–C) groups is 1. The molecule has 0 atom stereocenters. The van der Waals surface area contributed by atoms with Gasteiger partial charge < -0.3 is 24.8 Å². The van der Waals surface area contributed by atoms with Crippen molar-refractivity contribution < 1.29 is 14.2 Å². The maximum atomic E-state index is 5.97. The average Bonchev–Trinajstić information content (AvgIpc) is 3.47. The van der Waals surface area contributed by atoms with E-state index in [1.54, 1.807) is 7.11 Å². The van der Waals surface area contributed by atoms with Gasteiger partial charge in [0.2, 0.25) is 0 Å². The third-order valence-corrected chi connectivity index (χ3v) is 5.21. The number of hydrogen-bond acceptors (Lipinski definition) is 4. The first-order valence-electron chi connectivity index (χ1n) is 10.4. The highest BCUT2D eigenvalue weighted by molar-refractivity contribution is 5.79. The zero-order chi connectivity index (χ0) is 20.2. The van der Waals surface area contributed by atoms with Crippen LogP contribution in [0, 0.1) is 12.3 Å². The Morgan fingerprint density at radius 3 is 2.68 bits per heavy atom. The Bertz CT molecular complexity index is 615. The number of benzene rings is 1. The summed E-state index contributed by atoms with van der Waals surface area (Å²) in [5, 5.41) is 6.90. The Labute approximate surface area is 170 Å². The van der Waals surface area contributed by atoms with Gasteiger partial charge in [0.05, 0.1) is 6.61 Å². The standard InChI is InChI=1S/C22H37N3O3/c1-5-27-14-11-22(9-10-22)17-25-21(23-3)24-16-19-8-7-18(2)15-20(19)28-13-6-12-26-4/h7-8,15H,5-6,9-14,16-17H2,1-4H3,(H2,23,24,25). The minimum absolute atomic E-state index is 0.381. The summed E-state index contributed by atoms with van der Waals surface area (Å²) in [6.45, 7) is 8.73. The molecule has 0 radical (unpaired) electrons.